The van der Waals surface area contributed by atoms with Crippen molar-refractivity contribution in [2.45, 2.75) is 77.4 Å². The van der Waals surface area contributed by atoms with Gasteiger partial charge in [0.25, 0.3) is 0 Å². The minimum absolute atomic E-state index is 0.192. The predicted molar refractivity (Wildman–Crippen MR) is 96.4 cm³/mol. The highest BCUT2D eigenvalue weighted by molar-refractivity contribution is 9.10. The third-order valence-electron chi connectivity index (χ3n) is 4.13. The number of aryl methyl sites for hydroxylation is 1. The maximum Gasteiger partial charge on any atom is 0.347 e. The molecule has 140 valence electrons. The molecule has 25 heavy (non-hydrogen) atoms. The Labute approximate surface area is 156 Å². The van der Waals surface area contributed by atoms with Crippen molar-refractivity contribution in [2.75, 3.05) is 0 Å². The smallest absolute Gasteiger partial charge is 0.347 e. The van der Waals surface area contributed by atoms with Gasteiger partial charge >= 0.3 is 5.97 Å². The topological polar surface area (TPSA) is 35.5 Å². The molecule has 0 spiro atoms. The number of rotatable bonds is 5. The molecule has 3 nitrogen and oxygen atoms in total. The van der Waals surface area contributed by atoms with Gasteiger partial charge in [-0.05, 0) is 63.3 Å². The van der Waals surface area contributed by atoms with Gasteiger partial charge < -0.3 is 9.47 Å². The van der Waals surface area contributed by atoms with Crippen molar-refractivity contribution in [2.24, 2.45) is 0 Å². The third-order valence-corrected chi connectivity index (χ3v) is 4.98. The minimum atomic E-state index is -2.62. The van der Waals surface area contributed by atoms with Crippen LogP contribution in [0.3, 0.4) is 0 Å². The van der Waals surface area contributed by atoms with Crippen LogP contribution in [0.2, 0.25) is 0 Å². The number of alkyl halides is 2. The van der Waals surface area contributed by atoms with Crippen LogP contribution >= 0.6 is 15.9 Å². The average Bonchev–Trinajstić information content (AvgIpc) is 2.43. The molecule has 0 saturated heterocycles. The molecule has 1 aromatic carbocycles. The van der Waals surface area contributed by atoms with Gasteiger partial charge in [0.05, 0.1) is 0 Å². The van der Waals surface area contributed by atoms with Crippen LogP contribution in [-0.2, 0) is 9.53 Å². The second kappa shape index (κ2) is 7.22. The van der Waals surface area contributed by atoms with Crippen molar-refractivity contribution in [1.82, 2.24) is 0 Å². The molecule has 2 rings (SSSR count). The number of carbonyl (C=O) groups is 1. The Kier molecular flexibility index (Phi) is 5.81. The van der Waals surface area contributed by atoms with E-state index in [4.69, 9.17) is 9.47 Å². The van der Waals surface area contributed by atoms with Crippen LogP contribution in [-0.4, -0.2) is 23.6 Å². The van der Waals surface area contributed by atoms with E-state index in [9.17, 15) is 13.6 Å². The first-order chi connectivity index (χ1) is 11.4. The average molecular weight is 419 g/mol. The lowest BCUT2D eigenvalue weighted by molar-refractivity contribution is -0.163. The minimum Gasteiger partial charge on any atom is -0.478 e. The van der Waals surface area contributed by atoms with E-state index >= 15 is 0 Å². The third kappa shape index (κ3) is 5.16. The molecule has 0 bridgehead atoms. The maximum absolute atomic E-state index is 13.3. The van der Waals surface area contributed by atoms with Crippen molar-refractivity contribution >= 4 is 21.9 Å². The van der Waals surface area contributed by atoms with Gasteiger partial charge in [0, 0.05) is 17.3 Å². The molecule has 0 heterocycles. The Morgan fingerprint density at radius 1 is 1.36 bits per heavy atom. The maximum atomic E-state index is 13.3. The number of hydrogen-bond acceptors (Lipinski definition) is 3. The van der Waals surface area contributed by atoms with Crippen LogP contribution < -0.4 is 4.74 Å². The van der Waals surface area contributed by atoms with Crippen LogP contribution in [0.1, 0.15) is 64.0 Å². The highest BCUT2D eigenvalue weighted by atomic mass is 79.9. The van der Waals surface area contributed by atoms with E-state index in [0.29, 0.717) is 17.7 Å². The van der Waals surface area contributed by atoms with Gasteiger partial charge in [0.15, 0.2) is 6.10 Å². The molecule has 0 N–H and O–H groups in total. The van der Waals surface area contributed by atoms with Crippen LogP contribution in [0.4, 0.5) is 8.78 Å². The van der Waals surface area contributed by atoms with E-state index in [0.717, 1.165) is 10.0 Å². The molecule has 1 atom stereocenters. The Bertz CT molecular complexity index is 645. The Morgan fingerprint density at radius 2 is 1.96 bits per heavy atom. The molecule has 1 fully saturated rings. The molecule has 1 saturated carbocycles. The van der Waals surface area contributed by atoms with Crippen molar-refractivity contribution < 1.29 is 23.0 Å². The van der Waals surface area contributed by atoms with Gasteiger partial charge in [-0.2, -0.15) is 0 Å². The van der Waals surface area contributed by atoms with E-state index in [1.54, 1.807) is 26.8 Å². The number of ether oxygens (including phenoxy) is 2. The monoisotopic (exact) mass is 418 g/mol. The van der Waals surface area contributed by atoms with E-state index in [-0.39, 0.29) is 18.8 Å². The van der Waals surface area contributed by atoms with Crippen LogP contribution in [0.25, 0.3) is 0 Å². The molecule has 1 aromatic rings. The van der Waals surface area contributed by atoms with E-state index in [1.165, 1.54) is 0 Å². The summed E-state index contributed by atoms with van der Waals surface area (Å²) in [6.07, 6.45) is -0.715. The molecular weight excluding hydrogens is 394 g/mol. The summed E-state index contributed by atoms with van der Waals surface area (Å²) in [4.78, 5) is 12.3. The SMILES string of the molecule is CCC(Oc1cc(C)c(Br)cc1C1CC(F)(F)C1)C(=O)OC(C)(C)C. The molecule has 1 aliphatic carbocycles. The quantitative estimate of drug-likeness (QED) is 0.569. The fourth-order valence-electron chi connectivity index (χ4n) is 2.79. The molecule has 0 amide bonds. The normalized spacial score (nSPS) is 18.4. The first-order valence-corrected chi connectivity index (χ1v) is 9.28. The van der Waals surface area contributed by atoms with Crippen LogP contribution in [0, 0.1) is 6.92 Å². The highest BCUT2D eigenvalue weighted by Crippen LogP contribution is 2.51. The second-order valence-corrected chi connectivity index (χ2v) is 8.50. The van der Waals surface area contributed by atoms with Gasteiger partial charge in [-0.3, -0.25) is 0 Å². The summed E-state index contributed by atoms with van der Waals surface area (Å²) in [5.74, 6) is -2.84. The summed E-state index contributed by atoms with van der Waals surface area (Å²) < 4.78 is 38.8. The lowest BCUT2D eigenvalue weighted by Crippen LogP contribution is -2.36. The Morgan fingerprint density at radius 3 is 2.44 bits per heavy atom. The van der Waals surface area contributed by atoms with Gasteiger partial charge in [-0.1, -0.05) is 22.9 Å². The number of carbonyl (C=O) groups excluding carboxylic acids is 1. The largest absolute Gasteiger partial charge is 0.478 e. The number of benzene rings is 1. The van der Waals surface area contributed by atoms with E-state index in [1.807, 2.05) is 19.9 Å². The zero-order chi connectivity index (χ0) is 19.0. The zero-order valence-corrected chi connectivity index (χ0v) is 16.9. The number of esters is 1. The molecule has 0 aromatic heterocycles. The van der Waals surface area contributed by atoms with Gasteiger partial charge in [0.1, 0.15) is 11.4 Å². The predicted octanol–water partition coefficient (Wildman–Crippen LogP) is 5.77. The summed E-state index contributed by atoms with van der Waals surface area (Å²) >= 11 is 3.45. The van der Waals surface area contributed by atoms with E-state index in [2.05, 4.69) is 15.9 Å². The number of halogens is 3. The fraction of sp³-hybridized carbons (Fsp3) is 0.632. The highest BCUT2D eigenvalue weighted by Gasteiger charge is 2.47. The second-order valence-electron chi connectivity index (χ2n) is 7.65. The number of hydrogen-bond donors (Lipinski definition) is 0. The molecular formula is C19H25BrF2O3. The standard InChI is InChI=1S/C19H25BrF2O3/c1-6-15(17(23)25-18(3,4)5)24-16-7-11(2)14(20)8-13(16)12-9-19(21,22)10-12/h7-8,12,15H,6,9-10H2,1-5H3. The van der Waals surface area contributed by atoms with Crippen molar-refractivity contribution in [1.29, 1.82) is 0 Å². The van der Waals surface area contributed by atoms with Crippen molar-refractivity contribution in [3.8, 4) is 5.75 Å². The Balaban J connectivity index is 2.25. The van der Waals surface area contributed by atoms with Gasteiger partial charge in [-0.15, -0.1) is 0 Å². The summed E-state index contributed by atoms with van der Waals surface area (Å²) in [5.41, 5.74) is 1.02. The Hall–Kier alpha value is -1.17. The van der Waals surface area contributed by atoms with Crippen molar-refractivity contribution in [3.63, 3.8) is 0 Å². The van der Waals surface area contributed by atoms with Crippen molar-refractivity contribution in [3.05, 3.63) is 27.7 Å². The molecule has 6 heteroatoms. The summed E-state index contributed by atoms with van der Waals surface area (Å²) in [6, 6.07) is 3.62. The molecule has 1 unspecified atom stereocenters. The summed E-state index contributed by atoms with van der Waals surface area (Å²) in [7, 11) is 0. The van der Waals surface area contributed by atoms with E-state index < -0.39 is 23.6 Å². The lowest BCUT2D eigenvalue weighted by atomic mass is 9.76. The zero-order valence-electron chi connectivity index (χ0n) is 15.3. The summed E-state index contributed by atoms with van der Waals surface area (Å²) in [5, 5.41) is 0. The van der Waals surface area contributed by atoms with Crippen LogP contribution in [0.15, 0.2) is 16.6 Å². The van der Waals surface area contributed by atoms with Gasteiger partial charge in [-0.25, -0.2) is 13.6 Å². The molecule has 1 aliphatic rings. The molecule has 0 aliphatic heterocycles. The first kappa shape index (κ1) is 20.1. The van der Waals surface area contributed by atoms with Gasteiger partial charge in [0.2, 0.25) is 5.92 Å². The first-order valence-electron chi connectivity index (χ1n) is 8.49. The molecule has 0 radical (unpaired) electrons. The van der Waals surface area contributed by atoms with Crippen LogP contribution in [0.5, 0.6) is 5.75 Å². The lowest BCUT2D eigenvalue weighted by Gasteiger charge is -2.36. The fourth-order valence-corrected chi connectivity index (χ4v) is 3.15. The summed E-state index contributed by atoms with van der Waals surface area (Å²) in [6.45, 7) is 9.11.